The molecule has 426 valence electrons. The average molecular weight is 1040 g/mol. The van der Waals surface area contributed by atoms with Crippen molar-refractivity contribution in [1.82, 2.24) is 0 Å². The fourth-order valence-electron chi connectivity index (χ4n) is 30.1. The largest absolute Gasteiger partial charge is 0.0530 e. The molecule has 0 aromatic carbocycles. The molecule has 0 N–H and O–H groups in total. The minimum absolute atomic E-state index is 1.10. The van der Waals surface area contributed by atoms with E-state index in [2.05, 4.69) is 0 Å². The van der Waals surface area contributed by atoms with Gasteiger partial charge in [-0.25, -0.2) is 0 Å². The quantitative estimate of drug-likeness (QED) is 0.238. The molecule has 0 radical (unpaired) electrons. The number of hydrogen-bond acceptors (Lipinski definition) is 0. The van der Waals surface area contributed by atoms with E-state index in [4.69, 9.17) is 0 Å². The zero-order valence-electron chi connectivity index (χ0n) is 49.8. The molecule has 27 unspecified atom stereocenters. The fraction of sp³-hybridized carbons (Fsp3) is 1.00. The molecule has 0 nitrogen and oxygen atoms in total. The van der Waals surface area contributed by atoms with Crippen molar-refractivity contribution in [2.24, 2.45) is 178 Å². The summed E-state index contributed by atoms with van der Waals surface area (Å²) in [6.45, 7) is 0. The molecule has 28 atom stereocenters. The first kappa shape index (κ1) is 51.6. The second-order valence-corrected chi connectivity index (χ2v) is 34.8. The van der Waals surface area contributed by atoms with E-state index in [9.17, 15) is 0 Å². The lowest BCUT2D eigenvalue weighted by molar-refractivity contribution is -0.137. The number of hydrogen-bond donors (Lipinski definition) is 0. The lowest BCUT2D eigenvalue weighted by Crippen LogP contribution is -2.55. The zero-order valence-corrected chi connectivity index (χ0v) is 49.8. The minimum Gasteiger partial charge on any atom is -0.0530 e. The first-order chi connectivity index (χ1) is 37.6. The van der Waals surface area contributed by atoms with Gasteiger partial charge in [-0.15, -0.1) is 0 Å². The summed E-state index contributed by atoms with van der Waals surface area (Å²) in [5, 5.41) is 0. The van der Waals surface area contributed by atoms with E-state index in [1.165, 1.54) is 5.92 Å². The monoisotopic (exact) mass is 1030 g/mol. The van der Waals surface area contributed by atoms with Crippen molar-refractivity contribution in [2.75, 3.05) is 0 Å². The van der Waals surface area contributed by atoms with Gasteiger partial charge in [0.2, 0.25) is 0 Å². The Labute approximate surface area is 470 Å². The Balaban J connectivity index is 0.545. The zero-order chi connectivity index (χ0) is 49.8. The molecule has 0 amide bonds. The summed E-state index contributed by atoms with van der Waals surface area (Å²) >= 11 is 0. The molecule has 0 bridgehead atoms. The number of fused-ring (bicyclic) bond motifs is 2. The van der Waals surface area contributed by atoms with E-state index in [0.717, 1.165) is 172 Å². The van der Waals surface area contributed by atoms with E-state index in [1.54, 1.807) is 295 Å². The minimum atomic E-state index is 1.10. The first-order valence-electron chi connectivity index (χ1n) is 37.6. The second kappa shape index (κ2) is 22.2. The third-order valence-corrected chi connectivity index (χ3v) is 32.9. The van der Waals surface area contributed by atoms with Gasteiger partial charge in [0.05, 0.1) is 0 Å². The molecule has 16 aliphatic carbocycles. The maximum atomic E-state index is 1.69. The lowest BCUT2D eigenvalue weighted by atomic mass is 9.42. The summed E-state index contributed by atoms with van der Waals surface area (Å²) in [4.78, 5) is 0. The van der Waals surface area contributed by atoms with Gasteiger partial charge in [-0.05, 0) is 364 Å². The maximum Gasteiger partial charge on any atom is -0.0321 e. The average Bonchev–Trinajstić information content (AvgIpc) is 3.54. The summed E-state index contributed by atoms with van der Waals surface area (Å²) in [7, 11) is 0. The van der Waals surface area contributed by atoms with Crippen LogP contribution in [0.15, 0.2) is 0 Å². The van der Waals surface area contributed by atoms with Crippen LogP contribution in [0.2, 0.25) is 0 Å². The molecule has 0 aliphatic heterocycles. The Morgan fingerprint density at radius 1 is 0.105 bits per heavy atom. The van der Waals surface area contributed by atoms with Gasteiger partial charge in [0, 0.05) is 0 Å². The van der Waals surface area contributed by atoms with Crippen LogP contribution < -0.4 is 0 Å². The molecule has 16 rings (SSSR count). The van der Waals surface area contributed by atoms with E-state index >= 15 is 0 Å². The SMILES string of the molecule is C1CCC2CC(C3CCC(C4CCC5CCC6C(C7CCCC(C8CCCC(C9CCCC(C%10CCC%11CCC%12C(C%13CC[C@@H]%14CCCCC%14C%13)CCC%13CCC%10C%11C%13%12)C9)C8)C7)CCC7CCC4C5C76)CC3)CCC2C1. The van der Waals surface area contributed by atoms with Crippen molar-refractivity contribution in [3.63, 3.8) is 0 Å². The van der Waals surface area contributed by atoms with Crippen molar-refractivity contribution >= 4 is 0 Å². The highest BCUT2D eigenvalue weighted by Crippen LogP contribution is 2.68. The second-order valence-electron chi connectivity index (χ2n) is 34.8. The van der Waals surface area contributed by atoms with Crippen molar-refractivity contribution in [3.05, 3.63) is 0 Å². The summed E-state index contributed by atoms with van der Waals surface area (Å²) in [5.41, 5.74) is 0. The highest BCUT2D eigenvalue weighted by Gasteiger charge is 2.60. The van der Waals surface area contributed by atoms with Crippen molar-refractivity contribution in [2.45, 2.75) is 295 Å². The Bertz CT molecular complexity index is 1920. The first-order valence-corrected chi connectivity index (χ1v) is 37.6. The highest BCUT2D eigenvalue weighted by atomic mass is 14.6. The van der Waals surface area contributed by atoms with Crippen molar-refractivity contribution < 1.29 is 0 Å². The van der Waals surface area contributed by atoms with Crippen LogP contribution in [0.25, 0.3) is 0 Å². The van der Waals surface area contributed by atoms with E-state index < -0.39 is 0 Å². The predicted octanol–water partition coefficient (Wildman–Crippen LogP) is 21.6. The van der Waals surface area contributed by atoms with Gasteiger partial charge in [-0.2, -0.15) is 0 Å². The molecular formula is C76H122. The molecule has 16 saturated carbocycles. The van der Waals surface area contributed by atoms with Crippen LogP contribution in [0.5, 0.6) is 0 Å². The predicted molar refractivity (Wildman–Crippen MR) is 317 cm³/mol. The van der Waals surface area contributed by atoms with E-state index in [0.29, 0.717) is 0 Å². The summed E-state index contributed by atoms with van der Waals surface area (Å²) in [6, 6.07) is 0. The smallest absolute Gasteiger partial charge is 0.0321 e. The van der Waals surface area contributed by atoms with Crippen LogP contribution >= 0.6 is 0 Å². The molecule has 0 heterocycles. The van der Waals surface area contributed by atoms with Gasteiger partial charge >= 0.3 is 0 Å². The fourth-order valence-corrected chi connectivity index (χ4v) is 30.1. The molecule has 76 heavy (non-hydrogen) atoms. The van der Waals surface area contributed by atoms with Gasteiger partial charge in [0.15, 0.2) is 0 Å². The van der Waals surface area contributed by atoms with Gasteiger partial charge in [0.25, 0.3) is 0 Å². The highest BCUT2D eigenvalue weighted by molar-refractivity contribution is 5.09. The lowest BCUT2D eigenvalue weighted by Gasteiger charge is -2.63. The third-order valence-electron chi connectivity index (χ3n) is 32.9. The number of rotatable bonds is 7. The molecule has 0 saturated heterocycles. The van der Waals surface area contributed by atoms with Crippen LogP contribution in [-0.4, -0.2) is 0 Å². The van der Waals surface area contributed by atoms with Crippen molar-refractivity contribution in [3.8, 4) is 0 Å². The molecular weight excluding hydrogens is 913 g/mol. The topological polar surface area (TPSA) is 0 Å². The molecule has 16 fully saturated rings. The molecule has 0 heteroatoms. The molecule has 0 spiro atoms. The third kappa shape index (κ3) is 9.48. The summed E-state index contributed by atoms with van der Waals surface area (Å²) in [6.07, 6.45) is 75.1. The Morgan fingerprint density at radius 2 is 0.289 bits per heavy atom. The summed E-state index contributed by atoms with van der Waals surface area (Å²) in [5.74, 6) is 33.9. The Hall–Kier alpha value is 0. The standard InChI is InChI=1S/C76H122/c1-3-10-55-42-61(24-20-47(55)8-1)49-18-22-50(23-19-49)65-34-26-51-31-39-70-66(35-27-52-30-38-69(65)73(51)74(52)70)62-16-6-14-59(45-62)57-12-5-13-58(43-57)60-15-7-17-63(46-60)67-36-28-53-33-41-72-68(37-29-54-32-40-71(67)75(53)76(54)72)64-25-21-48-9-2-4-11-56(48)44-64/h47-76H,1-46H2/t47?,48-,49?,50?,51?,52?,53?,54?,55?,56?,57?,58?,59?,60?,61?,62?,63?,64?,65?,66?,67?,68?,69?,70?,71?,72?,73?,74?,75?,76?/m0/s1. The van der Waals surface area contributed by atoms with E-state index in [-0.39, 0.29) is 0 Å². The van der Waals surface area contributed by atoms with Crippen LogP contribution in [0.4, 0.5) is 0 Å². The van der Waals surface area contributed by atoms with E-state index in [1.807, 2.05) is 0 Å². The maximum absolute atomic E-state index is 1.69. The van der Waals surface area contributed by atoms with Gasteiger partial charge < -0.3 is 0 Å². The summed E-state index contributed by atoms with van der Waals surface area (Å²) < 4.78 is 0. The van der Waals surface area contributed by atoms with Crippen LogP contribution in [-0.2, 0) is 0 Å². The van der Waals surface area contributed by atoms with Gasteiger partial charge in [-0.1, -0.05) is 109 Å². The van der Waals surface area contributed by atoms with Crippen LogP contribution in [0.3, 0.4) is 0 Å². The van der Waals surface area contributed by atoms with Crippen LogP contribution in [0, 0.1) is 178 Å². The van der Waals surface area contributed by atoms with Gasteiger partial charge in [-0.3, -0.25) is 0 Å². The Kier molecular flexibility index (Phi) is 15.1. The normalized spacial score (nSPS) is 57.2. The van der Waals surface area contributed by atoms with Gasteiger partial charge in [0.1, 0.15) is 0 Å². The Morgan fingerprint density at radius 3 is 0.658 bits per heavy atom. The van der Waals surface area contributed by atoms with Crippen molar-refractivity contribution in [1.29, 1.82) is 0 Å². The molecule has 0 aromatic heterocycles. The molecule has 0 aromatic rings. The van der Waals surface area contributed by atoms with Crippen LogP contribution in [0.1, 0.15) is 295 Å². The molecule has 16 aliphatic rings.